The van der Waals surface area contributed by atoms with Crippen LogP contribution < -0.4 is 0 Å². The van der Waals surface area contributed by atoms with Gasteiger partial charge < -0.3 is 0 Å². The first-order valence-corrected chi connectivity index (χ1v) is 6.72. The summed E-state index contributed by atoms with van der Waals surface area (Å²) in [7, 11) is 0. The van der Waals surface area contributed by atoms with Crippen LogP contribution in [-0.2, 0) is 0 Å². The molecule has 0 nitrogen and oxygen atoms in total. The fraction of sp³-hybridized carbons (Fsp3) is 1.00. The Balaban J connectivity index is 2.99. The lowest BCUT2D eigenvalue weighted by atomic mass is 10.1. The van der Waals surface area contributed by atoms with Crippen LogP contribution in [0.15, 0.2) is 0 Å². The highest BCUT2D eigenvalue weighted by atomic mass is 35.5. The molecular weight excluding hydrogens is 237 g/mol. The van der Waals surface area contributed by atoms with E-state index in [4.69, 9.17) is 11.6 Å². The summed E-state index contributed by atoms with van der Waals surface area (Å²) < 4.78 is 35.4. The van der Waals surface area contributed by atoms with Crippen molar-refractivity contribution in [3.63, 3.8) is 0 Å². The molecule has 0 saturated heterocycles. The first-order chi connectivity index (χ1) is 7.56. The predicted octanol–water partition coefficient (Wildman–Crippen LogP) is 5.69. The fourth-order valence-electron chi connectivity index (χ4n) is 1.66. The predicted molar refractivity (Wildman–Crippen MR) is 62.9 cm³/mol. The van der Waals surface area contributed by atoms with E-state index in [1.54, 1.807) is 0 Å². The van der Waals surface area contributed by atoms with Crippen LogP contribution in [0, 0.1) is 0 Å². The van der Waals surface area contributed by atoms with Crippen LogP contribution >= 0.6 is 11.6 Å². The van der Waals surface area contributed by atoms with Crippen LogP contribution in [0.5, 0.6) is 0 Å². The number of unbranched alkanes of at least 4 members (excludes halogenated alkanes) is 8. The van der Waals surface area contributed by atoms with E-state index in [1.165, 1.54) is 19.3 Å². The SMILES string of the molecule is FC(F)(F)CCCCCCCCCCCCl. The molecule has 0 heterocycles. The molecule has 4 heteroatoms. The number of rotatable bonds is 10. The highest BCUT2D eigenvalue weighted by Gasteiger charge is 2.25. The molecule has 0 N–H and O–H groups in total. The van der Waals surface area contributed by atoms with Crippen molar-refractivity contribution in [2.45, 2.75) is 70.4 Å². The number of halogens is 4. The standard InChI is InChI=1S/C12H22ClF3/c13-11-9-7-5-3-1-2-4-6-8-10-12(14,15)16/h1-11H2. The van der Waals surface area contributed by atoms with Crippen molar-refractivity contribution in [3.8, 4) is 0 Å². The van der Waals surface area contributed by atoms with Gasteiger partial charge in [-0.1, -0.05) is 44.9 Å². The molecule has 0 aromatic carbocycles. The van der Waals surface area contributed by atoms with E-state index < -0.39 is 12.6 Å². The molecule has 0 atom stereocenters. The van der Waals surface area contributed by atoms with Crippen LogP contribution in [0.3, 0.4) is 0 Å². The molecule has 0 saturated carbocycles. The van der Waals surface area contributed by atoms with Gasteiger partial charge in [0.05, 0.1) is 0 Å². The summed E-state index contributed by atoms with van der Waals surface area (Å²) in [4.78, 5) is 0. The van der Waals surface area contributed by atoms with Crippen LogP contribution in [0.1, 0.15) is 64.2 Å². The van der Waals surface area contributed by atoms with E-state index in [0.717, 1.165) is 31.6 Å². The van der Waals surface area contributed by atoms with E-state index in [0.29, 0.717) is 6.42 Å². The molecule has 0 fully saturated rings. The first kappa shape index (κ1) is 16.1. The smallest absolute Gasteiger partial charge is 0.171 e. The van der Waals surface area contributed by atoms with Crippen LogP contribution in [0.2, 0.25) is 0 Å². The third-order valence-corrected chi connectivity index (χ3v) is 2.86. The Kier molecular flexibility index (Phi) is 10.3. The third kappa shape index (κ3) is 14.1. The van der Waals surface area contributed by atoms with E-state index in [1.807, 2.05) is 0 Å². The maximum Gasteiger partial charge on any atom is 0.389 e. The lowest BCUT2D eigenvalue weighted by Gasteiger charge is -2.05. The molecule has 0 aromatic heterocycles. The Morgan fingerprint density at radius 1 is 0.625 bits per heavy atom. The molecule has 16 heavy (non-hydrogen) atoms. The Morgan fingerprint density at radius 3 is 1.38 bits per heavy atom. The zero-order valence-corrected chi connectivity index (χ0v) is 10.5. The molecule has 0 spiro atoms. The van der Waals surface area contributed by atoms with Crippen molar-refractivity contribution in [3.05, 3.63) is 0 Å². The van der Waals surface area contributed by atoms with E-state index in [2.05, 4.69) is 0 Å². The van der Waals surface area contributed by atoms with Crippen molar-refractivity contribution >= 4 is 11.6 Å². The summed E-state index contributed by atoms with van der Waals surface area (Å²) in [5.41, 5.74) is 0. The third-order valence-electron chi connectivity index (χ3n) is 2.59. The fourth-order valence-corrected chi connectivity index (χ4v) is 1.85. The Labute approximate surface area is 102 Å². The van der Waals surface area contributed by atoms with Gasteiger partial charge in [-0.15, -0.1) is 11.6 Å². The summed E-state index contributed by atoms with van der Waals surface area (Å²) in [6, 6.07) is 0. The molecule has 0 aliphatic heterocycles. The molecule has 98 valence electrons. The topological polar surface area (TPSA) is 0 Å². The van der Waals surface area contributed by atoms with Gasteiger partial charge in [-0.25, -0.2) is 0 Å². The quantitative estimate of drug-likeness (QED) is 0.349. The van der Waals surface area contributed by atoms with Gasteiger partial charge >= 0.3 is 6.18 Å². The highest BCUT2D eigenvalue weighted by Crippen LogP contribution is 2.23. The van der Waals surface area contributed by atoms with Crippen molar-refractivity contribution in [2.75, 3.05) is 5.88 Å². The van der Waals surface area contributed by atoms with Crippen molar-refractivity contribution in [1.82, 2.24) is 0 Å². The second kappa shape index (κ2) is 10.2. The Morgan fingerprint density at radius 2 is 1.00 bits per heavy atom. The van der Waals surface area contributed by atoms with Crippen LogP contribution in [0.4, 0.5) is 13.2 Å². The molecule has 0 bridgehead atoms. The lowest BCUT2D eigenvalue weighted by Crippen LogP contribution is -2.06. The molecule has 0 radical (unpaired) electrons. The summed E-state index contributed by atoms with van der Waals surface area (Å²) in [5.74, 6) is 0.734. The molecule has 0 aromatic rings. The maximum atomic E-state index is 11.8. The number of alkyl halides is 4. The van der Waals surface area contributed by atoms with Gasteiger partial charge in [0.1, 0.15) is 0 Å². The minimum absolute atomic E-state index is 0.287. The lowest BCUT2D eigenvalue weighted by molar-refractivity contribution is -0.135. The summed E-state index contributed by atoms with van der Waals surface area (Å²) >= 11 is 5.54. The average molecular weight is 259 g/mol. The molecule has 0 rings (SSSR count). The highest BCUT2D eigenvalue weighted by molar-refractivity contribution is 6.17. The summed E-state index contributed by atoms with van der Waals surface area (Å²) in [6.45, 7) is 0. The van der Waals surface area contributed by atoms with Gasteiger partial charge in [0, 0.05) is 12.3 Å². The van der Waals surface area contributed by atoms with Crippen molar-refractivity contribution in [1.29, 1.82) is 0 Å². The van der Waals surface area contributed by atoms with Gasteiger partial charge in [-0.3, -0.25) is 0 Å². The minimum atomic E-state index is -3.97. The zero-order valence-electron chi connectivity index (χ0n) is 9.79. The largest absolute Gasteiger partial charge is 0.389 e. The second-order valence-electron chi connectivity index (χ2n) is 4.24. The number of hydrogen-bond donors (Lipinski definition) is 0. The first-order valence-electron chi connectivity index (χ1n) is 6.19. The maximum absolute atomic E-state index is 11.8. The van der Waals surface area contributed by atoms with Crippen molar-refractivity contribution in [2.24, 2.45) is 0 Å². The van der Waals surface area contributed by atoms with Gasteiger partial charge in [0.2, 0.25) is 0 Å². The van der Waals surface area contributed by atoms with Crippen LogP contribution in [0.25, 0.3) is 0 Å². The molecule has 0 aliphatic carbocycles. The van der Waals surface area contributed by atoms with Crippen molar-refractivity contribution < 1.29 is 13.2 Å². The van der Waals surface area contributed by atoms with Gasteiger partial charge in [0.15, 0.2) is 0 Å². The Hall–Kier alpha value is 0.0800. The number of hydrogen-bond acceptors (Lipinski definition) is 0. The molecular formula is C12H22ClF3. The minimum Gasteiger partial charge on any atom is -0.171 e. The second-order valence-corrected chi connectivity index (χ2v) is 4.61. The zero-order chi connectivity index (χ0) is 12.3. The average Bonchev–Trinajstić information content (AvgIpc) is 2.19. The van der Waals surface area contributed by atoms with E-state index >= 15 is 0 Å². The van der Waals surface area contributed by atoms with Crippen LogP contribution in [-0.4, -0.2) is 12.1 Å². The summed E-state index contributed by atoms with van der Waals surface area (Å²) in [5, 5.41) is 0. The Bertz CT molecular complexity index is 146. The van der Waals surface area contributed by atoms with Gasteiger partial charge in [-0.2, -0.15) is 13.2 Å². The monoisotopic (exact) mass is 258 g/mol. The van der Waals surface area contributed by atoms with E-state index in [-0.39, 0.29) is 6.42 Å². The normalized spacial score (nSPS) is 12.0. The molecule has 0 unspecified atom stereocenters. The molecule has 0 aliphatic rings. The van der Waals surface area contributed by atoms with Gasteiger partial charge in [0.25, 0.3) is 0 Å². The summed E-state index contributed by atoms with van der Waals surface area (Å²) in [6.07, 6.45) is 4.20. The molecule has 0 amide bonds. The van der Waals surface area contributed by atoms with Gasteiger partial charge in [-0.05, 0) is 12.8 Å². The van der Waals surface area contributed by atoms with E-state index in [9.17, 15) is 13.2 Å².